The van der Waals surface area contributed by atoms with E-state index in [4.69, 9.17) is 11.6 Å². The zero-order valence-electron chi connectivity index (χ0n) is 10.2. The summed E-state index contributed by atoms with van der Waals surface area (Å²) < 4.78 is 0. The first-order valence-corrected chi connectivity index (χ1v) is 6.51. The predicted molar refractivity (Wildman–Crippen MR) is 77.6 cm³/mol. The minimum Gasteiger partial charge on any atom is -0.372 e. The molecule has 3 rings (SSSR count). The number of nitrogens with one attached hydrogen (secondary N) is 2. The van der Waals surface area contributed by atoms with Crippen LogP contribution in [-0.2, 0) is 11.2 Å². The Morgan fingerprint density at radius 3 is 2.63 bits per heavy atom. The van der Waals surface area contributed by atoms with Crippen molar-refractivity contribution in [3.8, 4) is 0 Å². The molecule has 4 heteroatoms. The van der Waals surface area contributed by atoms with E-state index < -0.39 is 0 Å². The molecule has 2 aromatic rings. The number of hydrogen-bond acceptors (Lipinski definition) is 2. The van der Waals surface area contributed by atoms with Gasteiger partial charge in [-0.15, -0.1) is 0 Å². The second-order valence-corrected chi connectivity index (χ2v) is 5.00. The van der Waals surface area contributed by atoms with Gasteiger partial charge < -0.3 is 10.6 Å². The van der Waals surface area contributed by atoms with Gasteiger partial charge in [0.2, 0.25) is 5.91 Å². The minimum absolute atomic E-state index is 0.0151. The topological polar surface area (TPSA) is 41.1 Å². The van der Waals surface area contributed by atoms with E-state index in [9.17, 15) is 4.79 Å². The number of hydrogen-bond donors (Lipinski definition) is 2. The van der Waals surface area contributed by atoms with E-state index in [0.717, 1.165) is 16.9 Å². The zero-order valence-corrected chi connectivity index (χ0v) is 10.9. The molecule has 0 bridgehead atoms. The summed E-state index contributed by atoms with van der Waals surface area (Å²) in [6, 6.07) is 15.1. The molecule has 0 saturated heterocycles. The molecule has 0 saturated carbocycles. The van der Waals surface area contributed by atoms with Crippen LogP contribution in [0.5, 0.6) is 0 Å². The number of carbonyl (C=O) groups is 1. The third-order valence-corrected chi connectivity index (χ3v) is 3.40. The number of carbonyl (C=O) groups excluding carboxylic acids is 1. The van der Waals surface area contributed by atoms with E-state index in [1.807, 2.05) is 36.4 Å². The van der Waals surface area contributed by atoms with Gasteiger partial charge in [0.15, 0.2) is 0 Å². The smallest absolute Gasteiger partial charge is 0.247 e. The van der Waals surface area contributed by atoms with Crippen LogP contribution < -0.4 is 10.6 Å². The summed E-state index contributed by atoms with van der Waals surface area (Å²) >= 11 is 5.97. The molecule has 3 nitrogen and oxygen atoms in total. The number of amides is 1. The van der Waals surface area contributed by atoms with Crippen LogP contribution in [-0.4, -0.2) is 11.9 Å². The van der Waals surface area contributed by atoms with Crippen LogP contribution in [0.4, 0.5) is 11.4 Å². The highest BCUT2D eigenvalue weighted by Gasteiger charge is 2.25. The molecule has 0 aromatic heterocycles. The van der Waals surface area contributed by atoms with Gasteiger partial charge >= 0.3 is 0 Å². The lowest BCUT2D eigenvalue weighted by atomic mass is 10.0. The standard InChI is InChI=1S/C15H13ClN2O/c16-11-6-7-12-13(9-11)17-14(15(19)18-12)8-10-4-2-1-3-5-10/h1-7,9,14,17H,8H2,(H,18,19). The fourth-order valence-corrected chi connectivity index (χ4v) is 2.38. The summed E-state index contributed by atoms with van der Waals surface area (Å²) in [4.78, 5) is 12.0. The van der Waals surface area contributed by atoms with Crippen molar-refractivity contribution in [2.24, 2.45) is 0 Å². The molecule has 1 aliphatic rings. The third kappa shape index (κ3) is 2.56. The SMILES string of the molecule is O=C1Nc2ccc(Cl)cc2NC1Cc1ccccc1. The van der Waals surface area contributed by atoms with Gasteiger partial charge in [0.05, 0.1) is 11.4 Å². The third-order valence-electron chi connectivity index (χ3n) is 3.17. The van der Waals surface area contributed by atoms with Crippen molar-refractivity contribution < 1.29 is 4.79 Å². The fourth-order valence-electron chi connectivity index (χ4n) is 2.21. The minimum atomic E-state index is -0.270. The number of anilines is 2. The van der Waals surface area contributed by atoms with Crippen molar-refractivity contribution in [2.45, 2.75) is 12.5 Å². The average molecular weight is 273 g/mol. The van der Waals surface area contributed by atoms with Crippen LogP contribution in [0.15, 0.2) is 48.5 Å². The quantitative estimate of drug-likeness (QED) is 0.881. The molecule has 96 valence electrons. The molecule has 2 N–H and O–H groups in total. The predicted octanol–water partition coefficient (Wildman–Crippen LogP) is 3.32. The van der Waals surface area contributed by atoms with Gasteiger partial charge in [-0.2, -0.15) is 0 Å². The van der Waals surface area contributed by atoms with Gasteiger partial charge in [-0.3, -0.25) is 4.79 Å². The summed E-state index contributed by atoms with van der Waals surface area (Å²) in [6.45, 7) is 0. The van der Waals surface area contributed by atoms with Gasteiger partial charge in [-0.05, 0) is 23.8 Å². The normalized spacial score (nSPS) is 17.3. The Balaban J connectivity index is 1.83. The average Bonchev–Trinajstić information content (AvgIpc) is 2.41. The zero-order chi connectivity index (χ0) is 13.2. The molecule has 0 aliphatic carbocycles. The van der Waals surface area contributed by atoms with Crippen LogP contribution in [0.25, 0.3) is 0 Å². The molecule has 1 heterocycles. The van der Waals surface area contributed by atoms with Crippen molar-refractivity contribution in [3.05, 3.63) is 59.1 Å². The molecule has 0 spiro atoms. The molecule has 2 aromatic carbocycles. The summed E-state index contributed by atoms with van der Waals surface area (Å²) in [5, 5.41) is 6.79. The van der Waals surface area contributed by atoms with Gasteiger partial charge in [0, 0.05) is 11.4 Å². The molecule has 1 aliphatic heterocycles. The van der Waals surface area contributed by atoms with Crippen molar-refractivity contribution >= 4 is 28.9 Å². The maximum atomic E-state index is 12.0. The Hall–Kier alpha value is -2.00. The Labute approximate surface area is 116 Å². The van der Waals surface area contributed by atoms with Crippen LogP contribution in [0.1, 0.15) is 5.56 Å². The molecule has 0 radical (unpaired) electrons. The van der Waals surface area contributed by atoms with Crippen LogP contribution in [0.2, 0.25) is 5.02 Å². The molecule has 19 heavy (non-hydrogen) atoms. The molecule has 0 fully saturated rings. The first kappa shape index (κ1) is 12.1. The van der Waals surface area contributed by atoms with Crippen LogP contribution in [0.3, 0.4) is 0 Å². The van der Waals surface area contributed by atoms with E-state index in [2.05, 4.69) is 10.6 Å². The Bertz CT molecular complexity index is 613. The molecule has 1 unspecified atom stereocenters. The molecular weight excluding hydrogens is 260 g/mol. The lowest BCUT2D eigenvalue weighted by Gasteiger charge is -2.27. The molecule has 1 amide bonds. The second-order valence-electron chi connectivity index (χ2n) is 4.57. The maximum Gasteiger partial charge on any atom is 0.247 e. The first-order chi connectivity index (χ1) is 9.22. The number of halogens is 1. The highest BCUT2D eigenvalue weighted by atomic mass is 35.5. The summed E-state index contributed by atoms with van der Waals surface area (Å²) in [5.41, 5.74) is 2.77. The lowest BCUT2D eigenvalue weighted by molar-refractivity contribution is -0.117. The number of benzene rings is 2. The largest absolute Gasteiger partial charge is 0.372 e. The number of fused-ring (bicyclic) bond motifs is 1. The number of rotatable bonds is 2. The summed E-state index contributed by atoms with van der Waals surface area (Å²) in [5.74, 6) is -0.0151. The van der Waals surface area contributed by atoms with Crippen molar-refractivity contribution in [1.29, 1.82) is 0 Å². The lowest BCUT2D eigenvalue weighted by Crippen LogP contribution is -2.40. The highest BCUT2D eigenvalue weighted by molar-refractivity contribution is 6.31. The fraction of sp³-hybridized carbons (Fsp3) is 0.133. The Kier molecular flexibility index (Phi) is 3.13. The van der Waals surface area contributed by atoms with Gasteiger partial charge in [-0.25, -0.2) is 0 Å². The first-order valence-electron chi connectivity index (χ1n) is 6.13. The van der Waals surface area contributed by atoms with Crippen molar-refractivity contribution in [2.75, 3.05) is 10.6 Å². The van der Waals surface area contributed by atoms with E-state index in [1.54, 1.807) is 12.1 Å². The summed E-state index contributed by atoms with van der Waals surface area (Å²) in [7, 11) is 0. The highest BCUT2D eigenvalue weighted by Crippen LogP contribution is 2.30. The summed E-state index contributed by atoms with van der Waals surface area (Å²) in [6.07, 6.45) is 0.651. The van der Waals surface area contributed by atoms with Crippen LogP contribution in [0, 0.1) is 0 Å². The van der Waals surface area contributed by atoms with E-state index in [0.29, 0.717) is 11.4 Å². The van der Waals surface area contributed by atoms with Gasteiger partial charge in [-0.1, -0.05) is 41.9 Å². The Morgan fingerprint density at radius 1 is 1.05 bits per heavy atom. The molecular formula is C15H13ClN2O. The van der Waals surface area contributed by atoms with Gasteiger partial charge in [0.25, 0.3) is 0 Å². The van der Waals surface area contributed by atoms with Gasteiger partial charge in [0.1, 0.15) is 6.04 Å². The van der Waals surface area contributed by atoms with E-state index in [-0.39, 0.29) is 11.9 Å². The second kappa shape index (κ2) is 4.94. The van der Waals surface area contributed by atoms with Crippen molar-refractivity contribution in [3.63, 3.8) is 0 Å². The Morgan fingerprint density at radius 2 is 1.84 bits per heavy atom. The monoisotopic (exact) mass is 272 g/mol. The molecule has 1 atom stereocenters. The van der Waals surface area contributed by atoms with E-state index in [1.165, 1.54) is 0 Å². The van der Waals surface area contributed by atoms with E-state index >= 15 is 0 Å². The van der Waals surface area contributed by atoms with Crippen molar-refractivity contribution in [1.82, 2.24) is 0 Å². The van der Waals surface area contributed by atoms with Crippen LogP contribution >= 0.6 is 11.6 Å². The maximum absolute atomic E-state index is 12.0.